The molecule has 1 amide bonds. The number of nitrogens with two attached hydrogens (primary N) is 1. The van der Waals surface area contributed by atoms with E-state index in [9.17, 15) is 13.2 Å². The fourth-order valence-electron chi connectivity index (χ4n) is 4.27. The van der Waals surface area contributed by atoms with Crippen LogP contribution in [0.3, 0.4) is 0 Å². The predicted molar refractivity (Wildman–Crippen MR) is 142 cm³/mol. The molecule has 3 aromatic rings. The Balaban J connectivity index is 1.68. The van der Waals surface area contributed by atoms with E-state index in [2.05, 4.69) is 47.3 Å². The van der Waals surface area contributed by atoms with Crippen molar-refractivity contribution in [2.24, 2.45) is 5.92 Å². The van der Waals surface area contributed by atoms with Gasteiger partial charge in [0.15, 0.2) is 5.03 Å². The fourth-order valence-corrected chi connectivity index (χ4v) is 5.22. The first-order valence-corrected chi connectivity index (χ1v) is 13.7. The summed E-state index contributed by atoms with van der Waals surface area (Å²) in [6.07, 6.45) is 3.54. The van der Waals surface area contributed by atoms with E-state index in [0.717, 1.165) is 18.4 Å². The van der Waals surface area contributed by atoms with Gasteiger partial charge in [0.05, 0.1) is 17.9 Å². The van der Waals surface area contributed by atoms with Gasteiger partial charge in [-0.1, -0.05) is 19.9 Å². The number of sulfonamides is 1. The molecule has 0 spiro atoms. The first-order chi connectivity index (χ1) is 17.5. The molecular formula is C26H32N6O4S. The predicted octanol–water partition coefficient (Wildman–Crippen LogP) is 3.65. The maximum atomic E-state index is 13.3. The average Bonchev–Trinajstić information content (AvgIpc) is 3.20. The lowest BCUT2D eigenvalue weighted by Crippen LogP contribution is -2.37. The lowest BCUT2D eigenvalue weighted by molar-refractivity contribution is 0.0981. The number of aromatic nitrogens is 3. The summed E-state index contributed by atoms with van der Waals surface area (Å²) in [5.41, 5.74) is 7.15. The Kier molecular flexibility index (Phi) is 7.63. The average molecular weight is 525 g/mol. The molecule has 0 unspecified atom stereocenters. The molecule has 196 valence electrons. The normalized spacial score (nSPS) is 17.7. The second-order valence-electron chi connectivity index (χ2n) is 9.68. The van der Waals surface area contributed by atoms with Gasteiger partial charge >= 0.3 is 0 Å². The topological polar surface area (TPSA) is 140 Å². The maximum Gasteiger partial charge on any atom is 0.281 e. The number of nitrogens with zero attached hydrogens (tertiary/aromatic N) is 4. The highest BCUT2D eigenvalue weighted by molar-refractivity contribution is 7.90. The molecule has 4 rings (SSSR count). The second-order valence-corrected chi connectivity index (χ2v) is 11.3. The van der Waals surface area contributed by atoms with Crippen molar-refractivity contribution >= 4 is 27.6 Å². The van der Waals surface area contributed by atoms with Gasteiger partial charge < -0.3 is 15.4 Å². The third kappa shape index (κ3) is 5.99. The summed E-state index contributed by atoms with van der Waals surface area (Å²) in [6.45, 7) is 8.83. The molecular weight excluding hydrogens is 492 g/mol. The van der Waals surface area contributed by atoms with Crippen LogP contribution in [0.4, 0.5) is 11.6 Å². The van der Waals surface area contributed by atoms with Gasteiger partial charge in [-0.25, -0.2) is 19.7 Å². The van der Waals surface area contributed by atoms with Gasteiger partial charge in [-0.2, -0.15) is 8.42 Å². The van der Waals surface area contributed by atoms with E-state index in [4.69, 9.17) is 15.5 Å². The van der Waals surface area contributed by atoms with Crippen LogP contribution < -0.4 is 20.1 Å². The highest BCUT2D eigenvalue weighted by Crippen LogP contribution is 2.33. The van der Waals surface area contributed by atoms with Gasteiger partial charge in [-0.05, 0) is 62.9 Å². The van der Waals surface area contributed by atoms with Crippen molar-refractivity contribution in [1.29, 1.82) is 0 Å². The summed E-state index contributed by atoms with van der Waals surface area (Å²) in [7, 11) is -4.24. The van der Waals surface area contributed by atoms with Crippen LogP contribution in [0, 0.1) is 5.92 Å². The Bertz CT molecular complexity index is 1370. The molecule has 37 heavy (non-hydrogen) atoms. The van der Waals surface area contributed by atoms with Crippen molar-refractivity contribution in [2.45, 2.75) is 57.6 Å². The number of carbonyl (C=O) groups excluding carboxylic acids is 1. The number of anilines is 2. The number of carbonyl (C=O) groups is 1. The lowest BCUT2D eigenvalue weighted by Gasteiger charge is -2.29. The van der Waals surface area contributed by atoms with Crippen molar-refractivity contribution < 1.29 is 17.9 Å². The number of hydrogen-bond donors (Lipinski definition) is 2. The summed E-state index contributed by atoms with van der Waals surface area (Å²) in [5, 5.41) is -0.333. The van der Waals surface area contributed by atoms with Gasteiger partial charge in [0.25, 0.3) is 15.9 Å². The SMILES string of the molecule is CC(C)COc1ccc(-c2ccc(C(=O)NS(=O)(=O)c3cccc(N)n3)c(N3[C@H](C)CC[C@@H]3C)n2)cn1. The quantitative estimate of drug-likeness (QED) is 0.452. The molecule has 1 aliphatic rings. The van der Waals surface area contributed by atoms with Crippen molar-refractivity contribution in [1.82, 2.24) is 19.7 Å². The standard InChI is InChI=1S/C26H32N6O4S/c1-16(2)15-36-23-13-10-19(14-28-23)21-12-11-20(25(29-21)32-17(3)8-9-18(32)4)26(33)31-37(34,35)24-7-5-6-22(27)30-24/h5-7,10-14,16-18H,8-9,15H2,1-4H3,(H2,27,30)(H,31,33)/t17-,18+. The summed E-state index contributed by atoms with van der Waals surface area (Å²) >= 11 is 0. The summed E-state index contributed by atoms with van der Waals surface area (Å²) in [5.74, 6) is 0.572. The van der Waals surface area contributed by atoms with E-state index in [1.54, 1.807) is 24.4 Å². The van der Waals surface area contributed by atoms with Crippen molar-refractivity contribution in [2.75, 3.05) is 17.2 Å². The van der Waals surface area contributed by atoms with Crippen molar-refractivity contribution in [3.8, 4) is 17.1 Å². The van der Waals surface area contributed by atoms with Crippen molar-refractivity contribution in [3.63, 3.8) is 0 Å². The Morgan fingerprint density at radius 3 is 2.46 bits per heavy atom. The first-order valence-electron chi connectivity index (χ1n) is 12.2. The number of amides is 1. The summed E-state index contributed by atoms with van der Waals surface area (Å²) < 4.78 is 33.5. The third-order valence-electron chi connectivity index (χ3n) is 6.16. The Morgan fingerprint density at radius 1 is 1.11 bits per heavy atom. The van der Waals surface area contributed by atoms with Gasteiger partial charge in [0.2, 0.25) is 5.88 Å². The molecule has 1 aliphatic heterocycles. The Labute approximate surface area is 217 Å². The molecule has 0 bridgehead atoms. The van der Waals surface area contributed by atoms with E-state index >= 15 is 0 Å². The van der Waals surface area contributed by atoms with Crippen LogP contribution >= 0.6 is 0 Å². The molecule has 3 N–H and O–H groups in total. The molecule has 0 saturated carbocycles. The van der Waals surface area contributed by atoms with Gasteiger partial charge in [0.1, 0.15) is 11.6 Å². The summed E-state index contributed by atoms with van der Waals surface area (Å²) in [4.78, 5) is 28.4. The molecule has 1 fully saturated rings. The number of pyridine rings is 3. The van der Waals surface area contributed by atoms with E-state index in [0.29, 0.717) is 29.9 Å². The zero-order valence-corrected chi connectivity index (χ0v) is 22.2. The van der Waals surface area contributed by atoms with Crippen LogP contribution in [-0.2, 0) is 10.0 Å². The van der Waals surface area contributed by atoms with Crippen molar-refractivity contribution in [3.05, 3.63) is 54.2 Å². The van der Waals surface area contributed by atoms with E-state index < -0.39 is 15.9 Å². The van der Waals surface area contributed by atoms with Crippen LogP contribution in [0.25, 0.3) is 11.3 Å². The van der Waals surface area contributed by atoms with Crippen LogP contribution in [-0.4, -0.2) is 48.0 Å². The molecule has 0 aliphatic carbocycles. The zero-order chi connectivity index (χ0) is 26.7. The van der Waals surface area contributed by atoms with E-state index in [-0.39, 0.29) is 28.5 Å². The smallest absolute Gasteiger partial charge is 0.281 e. The van der Waals surface area contributed by atoms with Gasteiger partial charge in [-0.3, -0.25) is 4.79 Å². The lowest BCUT2D eigenvalue weighted by atomic mass is 10.1. The van der Waals surface area contributed by atoms with Gasteiger partial charge in [0, 0.05) is 29.9 Å². The first kappa shape index (κ1) is 26.3. The number of ether oxygens (including phenoxy) is 1. The Hall–Kier alpha value is -3.73. The van der Waals surface area contributed by atoms with Crippen LogP contribution in [0.5, 0.6) is 5.88 Å². The molecule has 0 radical (unpaired) electrons. The zero-order valence-electron chi connectivity index (χ0n) is 21.4. The monoisotopic (exact) mass is 524 g/mol. The minimum absolute atomic E-state index is 0.0379. The molecule has 2 atom stereocenters. The Morgan fingerprint density at radius 2 is 1.84 bits per heavy atom. The molecule has 3 aromatic heterocycles. The summed E-state index contributed by atoms with van der Waals surface area (Å²) in [6, 6.07) is 11.4. The third-order valence-corrected chi connectivity index (χ3v) is 7.39. The van der Waals surface area contributed by atoms with E-state index in [1.807, 2.05) is 6.07 Å². The maximum absolute atomic E-state index is 13.3. The van der Waals surface area contributed by atoms with Crippen LogP contribution in [0.2, 0.25) is 0 Å². The number of nitrogen functional groups attached to an aromatic ring is 1. The number of rotatable bonds is 8. The molecule has 0 aromatic carbocycles. The fraction of sp³-hybridized carbons (Fsp3) is 0.385. The molecule has 11 heteroatoms. The highest BCUT2D eigenvalue weighted by atomic mass is 32.2. The molecule has 1 saturated heterocycles. The van der Waals surface area contributed by atoms with Crippen LogP contribution in [0.1, 0.15) is 50.9 Å². The largest absolute Gasteiger partial charge is 0.477 e. The second kappa shape index (κ2) is 10.7. The minimum atomic E-state index is -4.24. The minimum Gasteiger partial charge on any atom is -0.477 e. The molecule has 4 heterocycles. The highest BCUT2D eigenvalue weighted by Gasteiger charge is 2.33. The molecule has 10 nitrogen and oxygen atoms in total. The van der Waals surface area contributed by atoms with E-state index in [1.165, 1.54) is 18.2 Å². The number of nitrogens with one attached hydrogen (secondary N) is 1. The van der Waals surface area contributed by atoms with Crippen LogP contribution in [0.15, 0.2) is 53.7 Å². The number of hydrogen-bond acceptors (Lipinski definition) is 9. The van der Waals surface area contributed by atoms with Gasteiger partial charge in [-0.15, -0.1) is 0 Å².